The summed E-state index contributed by atoms with van der Waals surface area (Å²) in [5.41, 5.74) is 0.441. The Bertz CT molecular complexity index is 331. The first-order valence-corrected chi connectivity index (χ1v) is 10.2. The van der Waals surface area contributed by atoms with Gasteiger partial charge in [-0.1, -0.05) is 97.0 Å². The van der Waals surface area contributed by atoms with Crippen molar-refractivity contribution < 1.29 is 9.53 Å². The van der Waals surface area contributed by atoms with Crippen molar-refractivity contribution in [3.05, 3.63) is 24.5 Å². The molecule has 0 rings (SSSR count). The van der Waals surface area contributed by atoms with Crippen LogP contribution in [0.4, 0.5) is 0 Å². The van der Waals surface area contributed by atoms with Crippen LogP contribution in [-0.4, -0.2) is 5.97 Å². The van der Waals surface area contributed by atoms with E-state index in [-0.39, 0.29) is 5.97 Å². The van der Waals surface area contributed by atoms with Gasteiger partial charge in [-0.3, -0.25) is 0 Å². The molecular weight excluding hydrogens is 296 g/mol. The molecule has 0 saturated carbocycles. The van der Waals surface area contributed by atoms with Crippen molar-refractivity contribution in [2.24, 2.45) is 0 Å². The van der Waals surface area contributed by atoms with Crippen LogP contribution in [0.1, 0.15) is 110 Å². The molecule has 2 heteroatoms. The Morgan fingerprint density at radius 1 is 0.792 bits per heavy atom. The molecule has 0 aliphatic carbocycles. The molecule has 0 spiro atoms. The van der Waals surface area contributed by atoms with Crippen molar-refractivity contribution in [3.63, 3.8) is 0 Å². The van der Waals surface area contributed by atoms with Gasteiger partial charge >= 0.3 is 5.97 Å². The third-order valence-corrected chi connectivity index (χ3v) is 4.34. The van der Waals surface area contributed by atoms with Gasteiger partial charge in [-0.05, 0) is 25.8 Å². The van der Waals surface area contributed by atoms with E-state index in [1.54, 1.807) is 6.92 Å². The minimum absolute atomic E-state index is 0.341. The number of ether oxygens (including phenoxy) is 1. The second-order valence-corrected chi connectivity index (χ2v) is 6.94. The molecule has 0 heterocycles. The lowest BCUT2D eigenvalue weighted by atomic mass is 10.0. The van der Waals surface area contributed by atoms with Crippen LogP contribution in [0.5, 0.6) is 0 Å². The molecule has 0 aromatic carbocycles. The number of rotatable bonds is 17. The number of allylic oxidation sites excluding steroid dienone is 1. The first-order chi connectivity index (χ1) is 11.7. The fourth-order valence-corrected chi connectivity index (χ4v) is 2.74. The van der Waals surface area contributed by atoms with E-state index < -0.39 is 0 Å². The van der Waals surface area contributed by atoms with E-state index in [9.17, 15) is 4.79 Å². The molecule has 0 aliphatic rings. The Morgan fingerprint density at radius 3 is 1.62 bits per heavy atom. The maximum absolute atomic E-state index is 11.1. The highest BCUT2D eigenvalue weighted by Crippen LogP contribution is 2.13. The number of carbonyl (C=O) groups is 1. The molecule has 0 radical (unpaired) electrons. The van der Waals surface area contributed by atoms with Crippen LogP contribution in [0.3, 0.4) is 0 Å². The smallest absolute Gasteiger partial charge is 0.337 e. The molecule has 2 nitrogen and oxygen atoms in total. The quantitative estimate of drug-likeness (QED) is 0.119. The zero-order chi connectivity index (χ0) is 17.9. The second-order valence-electron chi connectivity index (χ2n) is 6.94. The highest BCUT2D eigenvalue weighted by Gasteiger charge is 1.98. The van der Waals surface area contributed by atoms with Gasteiger partial charge in [0.25, 0.3) is 0 Å². The fourth-order valence-electron chi connectivity index (χ4n) is 2.74. The molecule has 0 fully saturated rings. The first-order valence-electron chi connectivity index (χ1n) is 10.2. The maximum Gasteiger partial charge on any atom is 0.337 e. The highest BCUT2D eigenvalue weighted by atomic mass is 16.5. The van der Waals surface area contributed by atoms with Gasteiger partial charge in [0.05, 0.1) is 6.26 Å². The Kier molecular flexibility index (Phi) is 17.5. The van der Waals surface area contributed by atoms with Crippen LogP contribution < -0.4 is 0 Å². The summed E-state index contributed by atoms with van der Waals surface area (Å²) in [7, 11) is 0. The molecule has 140 valence electrons. The molecular formula is C22H40O2. The van der Waals surface area contributed by atoms with Gasteiger partial charge in [-0.15, -0.1) is 0 Å². The molecule has 0 amide bonds. The maximum atomic E-state index is 11.1. The molecule has 24 heavy (non-hydrogen) atoms. The fraction of sp³-hybridized carbons (Fsp3) is 0.773. The van der Waals surface area contributed by atoms with Crippen molar-refractivity contribution in [2.75, 3.05) is 0 Å². The number of unbranched alkanes of at least 4 members (excludes halogenated alkanes) is 14. The number of esters is 1. The van der Waals surface area contributed by atoms with Crippen molar-refractivity contribution >= 4 is 5.97 Å². The third-order valence-electron chi connectivity index (χ3n) is 4.34. The predicted molar refractivity (Wildman–Crippen MR) is 105 cm³/mol. The van der Waals surface area contributed by atoms with E-state index in [0.29, 0.717) is 5.57 Å². The van der Waals surface area contributed by atoms with Gasteiger partial charge < -0.3 is 4.74 Å². The van der Waals surface area contributed by atoms with E-state index in [0.717, 1.165) is 6.42 Å². The van der Waals surface area contributed by atoms with Crippen molar-refractivity contribution in [2.45, 2.75) is 110 Å². The molecule has 0 aromatic heterocycles. The van der Waals surface area contributed by atoms with E-state index in [1.807, 2.05) is 6.08 Å². The lowest BCUT2D eigenvalue weighted by molar-refractivity contribution is -0.133. The SMILES string of the molecule is C=C(C)C(=O)O/C=C/CCCCCCCCCCCCCCCC. The topological polar surface area (TPSA) is 26.3 Å². The van der Waals surface area contributed by atoms with Crippen LogP contribution in [0.25, 0.3) is 0 Å². The number of carbonyl (C=O) groups excluding carboxylic acids is 1. The molecule has 0 atom stereocenters. The van der Waals surface area contributed by atoms with Gasteiger partial charge in [-0.25, -0.2) is 4.79 Å². The van der Waals surface area contributed by atoms with Crippen molar-refractivity contribution in [1.29, 1.82) is 0 Å². The van der Waals surface area contributed by atoms with Gasteiger partial charge in [0, 0.05) is 5.57 Å². The van der Waals surface area contributed by atoms with Gasteiger partial charge in [0.2, 0.25) is 0 Å². The third kappa shape index (κ3) is 17.3. The van der Waals surface area contributed by atoms with Gasteiger partial charge in [-0.2, -0.15) is 0 Å². The van der Waals surface area contributed by atoms with Crippen LogP contribution >= 0.6 is 0 Å². The lowest BCUT2D eigenvalue weighted by Gasteiger charge is -2.02. The Balaban J connectivity index is 3.14. The average molecular weight is 337 g/mol. The summed E-state index contributed by atoms with van der Waals surface area (Å²) in [6.07, 6.45) is 23.7. The summed E-state index contributed by atoms with van der Waals surface area (Å²) < 4.78 is 4.90. The summed E-state index contributed by atoms with van der Waals surface area (Å²) in [5, 5.41) is 0. The molecule has 0 aliphatic heterocycles. The zero-order valence-electron chi connectivity index (χ0n) is 16.3. The monoisotopic (exact) mass is 336 g/mol. The summed E-state index contributed by atoms with van der Waals surface area (Å²) in [5.74, 6) is -0.341. The predicted octanol–water partition coefficient (Wildman–Crippen LogP) is 7.49. The number of hydrogen-bond acceptors (Lipinski definition) is 2. The summed E-state index contributed by atoms with van der Waals surface area (Å²) in [6, 6.07) is 0. The normalized spacial score (nSPS) is 11.1. The largest absolute Gasteiger partial charge is 0.431 e. The summed E-state index contributed by atoms with van der Waals surface area (Å²) in [4.78, 5) is 11.1. The summed E-state index contributed by atoms with van der Waals surface area (Å²) in [6.45, 7) is 7.47. The standard InChI is InChI=1S/C22H40O2/c1-4-5-6-7-8-9-10-11-12-13-14-15-16-17-18-19-20-24-22(23)21(2)3/h19-20H,2,4-18H2,1,3H3/b20-19+. The van der Waals surface area contributed by atoms with Crippen molar-refractivity contribution in [1.82, 2.24) is 0 Å². The minimum atomic E-state index is -0.341. The van der Waals surface area contributed by atoms with Crippen molar-refractivity contribution in [3.8, 4) is 0 Å². The molecule has 0 N–H and O–H groups in total. The number of hydrogen-bond donors (Lipinski definition) is 0. The molecule has 0 bridgehead atoms. The average Bonchev–Trinajstić information content (AvgIpc) is 2.57. The van der Waals surface area contributed by atoms with E-state index >= 15 is 0 Å². The zero-order valence-corrected chi connectivity index (χ0v) is 16.3. The minimum Gasteiger partial charge on any atom is -0.431 e. The Hall–Kier alpha value is -1.05. The summed E-state index contributed by atoms with van der Waals surface area (Å²) >= 11 is 0. The van der Waals surface area contributed by atoms with Crippen LogP contribution in [0.2, 0.25) is 0 Å². The molecule has 0 aromatic rings. The second kappa shape index (κ2) is 18.3. The van der Waals surface area contributed by atoms with Crippen LogP contribution in [-0.2, 0) is 9.53 Å². The van der Waals surface area contributed by atoms with Crippen LogP contribution in [0, 0.1) is 0 Å². The molecule has 0 unspecified atom stereocenters. The first kappa shape index (κ1) is 22.9. The highest BCUT2D eigenvalue weighted by molar-refractivity contribution is 5.87. The van der Waals surface area contributed by atoms with E-state index in [2.05, 4.69) is 13.5 Å². The Labute approximate surface area is 150 Å². The molecule has 0 saturated heterocycles. The van der Waals surface area contributed by atoms with Crippen LogP contribution in [0.15, 0.2) is 24.5 Å². The lowest BCUT2D eigenvalue weighted by Crippen LogP contribution is -1.98. The van der Waals surface area contributed by atoms with Gasteiger partial charge in [0.1, 0.15) is 0 Å². The van der Waals surface area contributed by atoms with Gasteiger partial charge in [0.15, 0.2) is 0 Å². The van der Waals surface area contributed by atoms with E-state index in [1.165, 1.54) is 96.2 Å². The van der Waals surface area contributed by atoms with E-state index in [4.69, 9.17) is 4.74 Å². The Morgan fingerprint density at radius 2 is 1.21 bits per heavy atom.